The molecule has 0 saturated carbocycles. The second-order valence-electron chi connectivity index (χ2n) is 9.35. The number of methoxy groups -OCH3 is 1. The summed E-state index contributed by atoms with van der Waals surface area (Å²) in [6.45, 7) is 2.62. The minimum Gasteiger partial charge on any atom is -0.496 e. The van der Waals surface area contributed by atoms with Crippen molar-refractivity contribution in [3.05, 3.63) is 65.9 Å². The number of urea groups is 1. The summed E-state index contributed by atoms with van der Waals surface area (Å²) in [5, 5.41) is 19.7. The molecular weight excluding hydrogens is 440 g/mol. The van der Waals surface area contributed by atoms with Crippen LogP contribution in [0.3, 0.4) is 0 Å². The molecule has 3 aliphatic heterocycles. The first-order valence-electron chi connectivity index (χ1n) is 12.0. The molecule has 2 amide bonds. The number of nitriles is 1. The van der Waals surface area contributed by atoms with Crippen LogP contribution in [0.15, 0.2) is 54.6 Å². The number of rotatable bonds is 6. The van der Waals surface area contributed by atoms with Crippen molar-refractivity contribution in [2.24, 2.45) is 13.0 Å². The molecule has 2 N–H and O–H groups in total. The fourth-order valence-corrected chi connectivity index (χ4v) is 5.55. The first-order valence-corrected chi connectivity index (χ1v) is 12.0. The Bertz CT molecular complexity index is 1260. The number of para-hydroxylation sites is 1. The van der Waals surface area contributed by atoms with Crippen LogP contribution in [0.25, 0.3) is 11.3 Å². The second-order valence-corrected chi connectivity index (χ2v) is 9.35. The van der Waals surface area contributed by atoms with Gasteiger partial charge in [0.05, 0.1) is 24.4 Å². The normalized spacial score (nSPS) is 22.9. The number of anilines is 1. The van der Waals surface area contributed by atoms with Crippen LogP contribution >= 0.6 is 0 Å². The summed E-state index contributed by atoms with van der Waals surface area (Å²) in [6.07, 6.45) is 2.20. The number of ether oxygens (including phenoxy) is 1. The van der Waals surface area contributed by atoms with E-state index in [0.29, 0.717) is 35.7 Å². The first-order chi connectivity index (χ1) is 17.1. The van der Waals surface area contributed by atoms with Gasteiger partial charge in [-0.15, -0.1) is 0 Å². The summed E-state index contributed by atoms with van der Waals surface area (Å²) >= 11 is 0. The molecule has 3 fully saturated rings. The summed E-state index contributed by atoms with van der Waals surface area (Å²) in [7, 11) is 3.71. The fourth-order valence-electron chi connectivity index (χ4n) is 5.55. The van der Waals surface area contributed by atoms with Crippen LogP contribution in [-0.2, 0) is 7.05 Å². The minimum atomic E-state index is -0.243. The Morgan fingerprint density at radius 2 is 2.09 bits per heavy atom. The van der Waals surface area contributed by atoms with Gasteiger partial charge in [-0.2, -0.15) is 10.4 Å². The molecule has 3 aliphatic rings. The fraction of sp³-hybridized carbons (Fsp3) is 0.370. The van der Waals surface area contributed by atoms with E-state index < -0.39 is 0 Å². The molecule has 8 nitrogen and oxygen atoms in total. The lowest BCUT2D eigenvalue weighted by Crippen LogP contribution is -2.56. The maximum absolute atomic E-state index is 12.4. The van der Waals surface area contributed by atoms with Crippen molar-refractivity contribution >= 4 is 11.7 Å². The van der Waals surface area contributed by atoms with Gasteiger partial charge in [0.25, 0.3) is 0 Å². The third-order valence-electron chi connectivity index (χ3n) is 7.31. The largest absolute Gasteiger partial charge is 0.496 e. The molecule has 0 spiro atoms. The predicted molar refractivity (Wildman–Crippen MR) is 134 cm³/mol. The molecule has 4 atom stereocenters. The number of hydrogen-bond acceptors (Lipinski definition) is 5. The Morgan fingerprint density at radius 3 is 2.86 bits per heavy atom. The average molecular weight is 471 g/mol. The third kappa shape index (κ3) is 4.73. The summed E-state index contributed by atoms with van der Waals surface area (Å²) < 4.78 is 7.56. The van der Waals surface area contributed by atoms with Crippen LogP contribution in [0.4, 0.5) is 10.5 Å². The van der Waals surface area contributed by atoms with Gasteiger partial charge in [-0.25, -0.2) is 4.79 Å². The zero-order valence-corrected chi connectivity index (χ0v) is 20.1. The van der Waals surface area contributed by atoms with Crippen molar-refractivity contribution < 1.29 is 9.53 Å². The standard InChI is InChI=1S/C27H30N6O2/c1-32-25(14-24(31-32)22-8-3-4-9-26(22)35-2)23-17-33-11-10-19(23)13-21(33)16-29-27(34)30-20-7-5-6-18(12-20)15-28/h3-9,12,14,19,21,23H,10-11,13,16-17H2,1-2H3,(H2,29,30,34). The smallest absolute Gasteiger partial charge is 0.319 e. The number of aryl methyl sites for hydroxylation is 1. The van der Waals surface area contributed by atoms with Gasteiger partial charge in [-0.1, -0.05) is 18.2 Å². The van der Waals surface area contributed by atoms with E-state index in [0.717, 1.165) is 42.9 Å². The Morgan fingerprint density at radius 1 is 1.23 bits per heavy atom. The molecule has 3 aromatic rings. The van der Waals surface area contributed by atoms with E-state index in [-0.39, 0.29) is 6.03 Å². The molecule has 2 bridgehead atoms. The van der Waals surface area contributed by atoms with Crippen molar-refractivity contribution in [2.75, 3.05) is 32.1 Å². The molecule has 8 heteroatoms. The van der Waals surface area contributed by atoms with Gasteiger partial charge in [-0.05, 0) is 61.7 Å². The van der Waals surface area contributed by atoms with Gasteiger partial charge in [0.2, 0.25) is 0 Å². The summed E-state index contributed by atoms with van der Waals surface area (Å²) in [6, 6.07) is 19.3. The lowest BCUT2D eigenvalue weighted by molar-refractivity contribution is 0.0296. The second kappa shape index (κ2) is 9.80. The zero-order valence-electron chi connectivity index (χ0n) is 20.1. The molecule has 4 heterocycles. The average Bonchev–Trinajstić information content (AvgIpc) is 3.29. The molecule has 6 rings (SSSR count). The van der Waals surface area contributed by atoms with E-state index in [1.54, 1.807) is 31.4 Å². The van der Waals surface area contributed by atoms with Crippen molar-refractivity contribution in [3.63, 3.8) is 0 Å². The number of carbonyl (C=O) groups is 1. The highest BCUT2D eigenvalue weighted by atomic mass is 16.5. The number of piperidine rings is 3. The maximum Gasteiger partial charge on any atom is 0.319 e. The monoisotopic (exact) mass is 470 g/mol. The van der Waals surface area contributed by atoms with E-state index in [1.165, 1.54) is 5.69 Å². The molecule has 2 aromatic carbocycles. The van der Waals surface area contributed by atoms with Crippen LogP contribution in [0, 0.1) is 17.2 Å². The topological polar surface area (TPSA) is 95.2 Å². The van der Waals surface area contributed by atoms with Crippen LogP contribution in [-0.4, -0.2) is 53.5 Å². The molecule has 3 saturated heterocycles. The van der Waals surface area contributed by atoms with Crippen molar-refractivity contribution in [1.29, 1.82) is 5.26 Å². The van der Waals surface area contributed by atoms with Crippen LogP contribution < -0.4 is 15.4 Å². The third-order valence-corrected chi connectivity index (χ3v) is 7.31. The Kier molecular flexibility index (Phi) is 6.43. The maximum atomic E-state index is 12.4. The molecule has 0 radical (unpaired) electrons. The van der Waals surface area contributed by atoms with Crippen LogP contribution in [0.1, 0.15) is 30.0 Å². The van der Waals surface area contributed by atoms with Gasteiger partial charge in [0.1, 0.15) is 5.75 Å². The number of hydrogen-bond donors (Lipinski definition) is 2. The zero-order chi connectivity index (χ0) is 24.4. The number of fused-ring (bicyclic) bond motifs is 3. The number of nitrogens with zero attached hydrogens (tertiary/aromatic N) is 4. The van der Waals surface area contributed by atoms with Gasteiger partial charge in [-0.3, -0.25) is 9.58 Å². The van der Waals surface area contributed by atoms with Gasteiger partial charge in [0.15, 0.2) is 0 Å². The highest BCUT2D eigenvalue weighted by molar-refractivity contribution is 5.89. The predicted octanol–water partition coefficient (Wildman–Crippen LogP) is 3.97. The van der Waals surface area contributed by atoms with Crippen molar-refractivity contribution in [3.8, 4) is 23.1 Å². The lowest BCUT2D eigenvalue weighted by Gasteiger charge is -2.49. The SMILES string of the molecule is COc1ccccc1-c1cc(C2CN3CCC2CC3CNC(=O)Nc2cccc(C#N)c2)n(C)n1. The van der Waals surface area contributed by atoms with Crippen molar-refractivity contribution in [2.45, 2.75) is 24.8 Å². The number of aromatic nitrogens is 2. The van der Waals surface area contributed by atoms with Gasteiger partial charge < -0.3 is 15.4 Å². The molecule has 4 unspecified atom stereocenters. The van der Waals surface area contributed by atoms with Gasteiger partial charge >= 0.3 is 6.03 Å². The van der Waals surface area contributed by atoms with E-state index in [1.807, 2.05) is 36.0 Å². The van der Waals surface area contributed by atoms with E-state index in [4.69, 9.17) is 15.1 Å². The van der Waals surface area contributed by atoms with Crippen LogP contribution in [0.2, 0.25) is 0 Å². The van der Waals surface area contributed by atoms with E-state index >= 15 is 0 Å². The van der Waals surface area contributed by atoms with E-state index in [9.17, 15) is 4.79 Å². The van der Waals surface area contributed by atoms with Gasteiger partial charge in [0, 0.05) is 49.0 Å². The molecular formula is C27H30N6O2. The number of nitrogens with one attached hydrogen (secondary N) is 2. The summed E-state index contributed by atoms with van der Waals surface area (Å²) in [5.74, 6) is 1.81. The van der Waals surface area contributed by atoms with Crippen molar-refractivity contribution in [1.82, 2.24) is 20.0 Å². The Labute approximate surface area is 205 Å². The number of carbonyl (C=O) groups excluding carboxylic acids is 1. The molecule has 1 aromatic heterocycles. The number of amides is 2. The molecule has 35 heavy (non-hydrogen) atoms. The number of benzene rings is 2. The quantitative estimate of drug-likeness (QED) is 0.569. The van der Waals surface area contributed by atoms with Crippen LogP contribution in [0.5, 0.6) is 5.75 Å². The Balaban J connectivity index is 1.22. The molecule has 180 valence electrons. The Hall–Kier alpha value is -3.83. The highest BCUT2D eigenvalue weighted by Crippen LogP contribution is 2.42. The molecule has 0 aliphatic carbocycles. The summed E-state index contributed by atoms with van der Waals surface area (Å²) in [5.41, 5.74) is 4.34. The lowest BCUT2D eigenvalue weighted by atomic mass is 9.74. The minimum absolute atomic E-state index is 0.243. The highest BCUT2D eigenvalue weighted by Gasteiger charge is 2.42. The first kappa shape index (κ1) is 22.9. The summed E-state index contributed by atoms with van der Waals surface area (Å²) in [4.78, 5) is 14.9. The van der Waals surface area contributed by atoms with E-state index in [2.05, 4.69) is 27.7 Å².